The molecule has 0 aliphatic heterocycles. The molecule has 2 N–H and O–H groups in total. The van der Waals surface area contributed by atoms with Crippen LogP contribution in [0.2, 0.25) is 0 Å². The van der Waals surface area contributed by atoms with Crippen molar-refractivity contribution < 1.29 is 14.8 Å². The van der Waals surface area contributed by atoms with Crippen molar-refractivity contribution in [2.45, 2.75) is 18.9 Å². The molecule has 0 unspecified atom stereocenters. The summed E-state index contributed by atoms with van der Waals surface area (Å²) in [7, 11) is 0.319. The van der Waals surface area contributed by atoms with E-state index in [2.05, 4.69) is 0 Å². The van der Waals surface area contributed by atoms with Gasteiger partial charge in [0.2, 0.25) is 0 Å². The molecule has 0 spiro atoms. The van der Waals surface area contributed by atoms with Gasteiger partial charge in [-0.2, -0.15) is 0 Å². The average molecular weight is 219 g/mol. The van der Waals surface area contributed by atoms with Crippen molar-refractivity contribution in [3.63, 3.8) is 0 Å². The van der Waals surface area contributed by atoms with Crippen molar-refractivity contribution in [2.24, 2.45) is 0 Å². The molecule has 16 heavy (non-hydrogen) atoms. The Balaban J connectivity index is 2.11. The summed E-state index contributed by atoms with van der Waals surface area (Å²) in [5.41, 5.74) is 0.976. The maximum absolute atomic E-state index is 11.9. The molecule has 0 heterocycles. The molecule has 1 aliphatic rings. The molecule has 0 saturated heterocycles. The van der Waals surface area contributed by atoms with Gasteiger partial charge in [-0.15, -0.1) is 0 Å². The lowest BCUT2D eigenvalue weighted by Crippen LogP contribution is -2.31. The second-order valence-electron chi connectivity index (χ2n) is 4.14. The van der Waals surface area contributed by atoms with Crippen molar-refractivity contribution in [2.75, 3.05) is 7.05 Å². The molecule has 0 atom stereocenters. The fraction of sp³-hybridized carbons (Fsp3) is 0.364. The van der Waals surface area contributed by atoms with E-state index in [0.29, 0.717) is 17.1 Å². The second-order valence-corrected chi connectivity index (χ2v) is 4.14. The highest BCUT2D eigenvalue weighted by molar-refractivity contribution is 6.58. The molecule has 1 aromatic carbocycles. The van der Waals surface area contributed by atoms with Crippen LogP contribution in [-0.4, -0.2) is 41.1 Å². The van der Waals surface area contributed by atoms with E-state index >= 15 is 0 Å². The van der Waals surface area contributed by atoms with E-state index in [1.807, 2.05) is 0 Å². The highest BCUT2D eigenvalue weighted by Gasteiger charge is 2.30. The third-order valence-corrected chi connectivity index (χ3v) is 2.87. The molecular weight excluding hydrogens is 205 g/mol. The van der Waals surface area contributed by atoms with Gasteiger partial charge in [0, 0.05) is 18.7 Å². The van der Waals surface area contributed by atoms with Gasteiger partial charge in [-0.05, 0) is 30.4 Å². The summed E-state index contributed by atoms with van der Waals surface area (Å²) >= 11 is 0. The van der Waals surface area contributed by atoms with Crippen molar-refractivity contribution in [3.8, 4) is 0 Å². The van der Waals surface area contributed by atoms with Crippen LogP contribution in [-0.2, 0) is 0 Å². The minimum Gasteiger partial charge on any atom is -0.423 e. The Morgan fingerprint density at radius 2 is 1.88 bits per heavy atom. The van der Waals surface area contributed by atoms with Gasteiger partial charge >= 0.3 is 7.12 Å². The molecule has 0 bridgehead atoms. The third-order valence-electron chi connectivity index (χ3n) is 2.87. The fourth-order valence-corrected chi connectivity index (χ4v) is 1.63. The minimum absolute atomic E-state index is 0.0125. The molecule has 4 nitrogen and oxygen atoms in total. The van der Waals surface area contributed by atoms with E-state index in [1.165, 1.54) is 0 Å². The summed E-state index contributed by atoms with van der Waals surface area (Å²) in [5, 5.41) is 17.8. The molecule has 1 aromatic rings. The minimum atomic E-state index is -1.48. The zero-order valence-corrected chi connectivity index (χ0v) is 9.13. The summed E-state index contributed by atoms with van der Waals surface area (Å²) in [4.78, 5) is 13.6. The molecule has 5 heteroatoms. The zero-order chi connectivity index (χ0) is 11.7. The lowest BCUT2D eigenvalue weighted by atomic mass is 9.80. The lowest BCUT2D eigenvalue weighted by molar-refractivity contribution is 0.0785. The van der Waals surface area contributed by atoms with Crippen LogP contribution >= 0.6 is 0 Å². The standard InChI is InChI=1S/C11H14BNO3/c1-13(10-6-7-10)11(14)8-2-4-9(5-3-8)12(15)16/h2-5,10,15-16H,6-7H2,1H3. The molecular formula is C11H14BNO3. The van der Waals surface area contributed by atoms with Gasteiger partial charge in [-0.1, -0.05) is 12.1 Å². The summed E-state index contributed by atoms with van der Waals surface area (Å²) in [5.74, 6) is -0.0125. The number of benzene rings is 1. The van der Waals surface area contributed by atoms with Gasteiger partial charge in [0.1, 0.15) is 0 Å². The monoisotopic (exact) mass is 219 g/mol. The Hall–Kier alpha value is -1.33. The predicted octanol–water partition coefficient (Wildman–Crippen LogP) is -0.399. The molecule has 1 aliphatic carbocycles. The number of hydrogen-bond acceptors (Lipinski definition) is 3. The maximum Gasteiger partial charge on any atom is 0.488 e. The van der Waals surface area contributed by atoms with Gasteiger partial charge in [-0.25, -0.2) is 0 Å². The number of nitrogens with zero attached hydrogens (tertiary/aromatic N) is 1. The normalized spacial score (nSPS) is 14.7. The number of amides is 1. The fourth-order valence-electron chi connectivity index (χ4n) is 1.63. The summed E-state index contributed by atoms with van der Waals surface area (Å²) in [6, 6.07) is 6.74. The Morgan fingerprint density at radius 3 is 2.31 bits per heavy atom. The van der Waals surface area contributed by atoms with Crippen molar-refractivity contribution in [1.82, 2.24) is 4.90 Å². The quantitative estimate of drug-likeness (QED) is 0.680. The van der Waals surface area contributed by atoms with Gasteiger partial charge < -0.3 is 14.9 Å². The Labute approximate surface area is 94.7 Å². The summed E-state index contributed by atoms with van der Waals surface area (Å²) < 4.78 is 0. The van der Waals surface area contributed by atoms with Crippen LogP contribution in [0.4, 0.5) is 0 Å². The van der Waals surface area contributed by atoms with Crippen LogP contribution in [0.15, 0.2) is 24.3 Å². The van der Waals surface area contributed by atoms with Crippen LogP contribution in [0, 0.1) is 0 Å². The van der Waals surface area contributed by atoms with E-state index in [0.717, 1.165) is 12.8 Å². The second kappa shape index (κ2) is 4.27. The molecule has 1 amide bonds. The average Bonchev–Trinajstić information content (AvgIpc) is 3.11. The van der Waals surface area contributed by atoms with Gasteiger partial charge in [-0.3, -0.25) is 4.79 Å². The van der Waals surface area contributed by atoms with Crippen LogP contribution in [0.3, 0.4) is 0 Å². The van der Waals surface area contributed by atoms with E-state index in [4.69, 9.17) is 10.0 Å². The molecule has 84 valence electrons. The number of rotatable bonds is 3. The molecule has 1 fully saturated rings. The van der Waals surface area contributed by atoms with Gasteiger partial charge in [0.15, 0.2) is 0 Å². The van der Waals surface area contributed by atoms with E-state index in [9.17, 15) is 4.79 Å². The zero-order valence-electron chi connectivity index (χ0n) is 9.13. The highest BCUT2D eigenvalue weighted by atomic mass is 16.4. The van der Waals surface area contributed by atoms with Crippen LogP contribution in [0.5, 0.6) is 0 Å². The Bertz CT molecular complexity index is 387. The van der Waals surface area contributed by atoms with E-state index in [1.54, 1.807) is 36.2 Å². The largest absolute Gasteiger partial charge is 0.488 e. The third kappa shape index (κ3) is 2.26. The first-order chi connectivity index (χ1) is 7.59. The highest BCUT2D eigenvalue weighted by Crippen LogP contribution is 2.26. The van der Waals surface area contributed by atoms with E-state index in [-0.39, 0.29) is 5.91 Å². The van der Waals surface area contributed by atoms with Crippen LogP contribution < -0.4 is 5.46 Å². The summed E-state index contributed by atoms with van der Waals surface area (Å²) in [6.45, 7) is 0. The van der Waals surface area contributed by atoms with Gasteiger partial charge in [0.25, 0.3) is 5.91 Å². The molecule has 0 radical (unpaired) electrons. The lowest BCUT2D eigenvalue weighted by Gasteiger charge is -2.16. The van der Waals surface area contributed by atoms with Crippen molar-refractivity contribution in [3.05, 3.63) is 29.8 Å². The summed E-state index contributed by atoms with van der Waals surface area (Å²) in [6.07, 6.45) is 2.16. The van der Waals surface area contributed by atoms with Crippen molar-refractivity contribution in [1.29, 1.82) is 0 Å². The van der Waals surface area contributed by atoms with Crippen LogP contribution in [0.25, 0.3) is 0 Å². The maximum atomic E-state index is 11.9. The predicted molar refractivity (Wildman–Crippen MR) is 61.4 cm³/mol. The molecule has 0 aromatic heterocycles. The SMILES string of the molecule is CN(C(=O)c1ccc(B(O)O)cc1)C1CC1. The molecule has 2 rings (SSSR count). The number of carbonyl (C=O) groups excluding carboxylic acids is 1. The van der Waals surface area contributed by atoms with E-state index < -0.39 is 7.12 Å². The first-order valence-corrected chi connectivity index (χ1v) is 5.33. The number of carbonyl (C=O) groups is 1. The molecule has 1 saturated carbocycles. The Morgan fingerprint density at radius 1 is 1.31 bits per heavy atom. The van der Waals surface area contributed by atoms with Crippen LogP contribution in [0.1, 0.15) is 23.2 Å². The topological polar surface area (TPSA) is 60.8 Å². The van der Waals surface area contributed by atoms with Crippen molar-refractivity contribution >= 4 is 18.5 Å². The van der Waals surface area contributed by atoms with Gasteiger partial charge in [0.05, 0.1) is 0 Å². The Kier molecular flexibility index (Phi) is 2.98. The smallest absolute Gasteiger partial charge is 0.423 e. The number of hydrogen-bond donors (Lipinski definition) is 2. The first-order valence-electron chi connectivity index (χ1n) is 5.33. The first kappa shape index (κ1) is 11.2.